The molecule has 0 spiro atoms. The van der Waals surface area contributed by atoms with Gasteiger partial charge in [0.05, 0.1) is 6.61 Å². The highest BCUT2D eigenvalue weighted by molar-refractivity contribution is 4.81. The molecule has 2 N–H and O–H groups in total. The number of hydrogen-bond acceptors (Lipinski definition) is 3. The maximum absolute atomic E-state index is 11.8. The van der Waals surface area contributed by atoms with E-state index in [9.17, 15) is 18.3 Å². The molecular weight excluding hydrogens is 247 g/mol. The molecule has 0 fully saturated rings. The zero-order chi connectivity index (χ0) is 14.1. The third-order valence-electron chi connectivity index (χ3n) is 2.68. The predicted octanol–water partition coefficient (Wildman–Crippen LogP) is 2.49. The van der Waals surface area contributed by atoms with Gasteiger partial charge in [0, 0.05) is 12.1 Å². The highest BCUT2D eigenvalue weighted by atomic mass is 19.4. The number of halogens is 3. The Bertz CT molecular complexity index is 212. The van der Waals surface area contributed by atoms with E-state index < -0.39 is 12.8 Å². The molecule has 0 aromatic rings. The molecule has 6 heteroatoms. The number of unbranched alkanes of at least 4 members (excludes halogenated alkanes) is 1. The lowest BCUT2D eigenvalue weighted by molar-refractivity contribution is -0.174. The number of aliphatic hydroxyl groups is 1. The van der Waals surface area contributed by atoms with Crippen LogP contribution in [0.2, 0.25) is 0 Å². The van der Waals surface area contributed by atoms with Crippen LogP contribution in [-0.2, 0) is 4.74 Å². The van der Waals surface area contributed by atoms with E-state index in [2.05, 4.69) is 10.1 Å². The summed E-state index contributed by atoms with van der Waals surface area (Å²) in [6.07, 6.45) is -1.25. The summed E-state index contributed by atoms with van der Waals surface area (Å²) < 4.78 is 39.9. The summed E-state index contributed by atoms with van der Waals surface area (Å²) in [5.74, 6) is 0. The van der Waals surface area contributed by atoms with Crippen LogP contribution >= 0.6 is 0 Å². The molecule has 1 atom stereocenters. The summed E-state index contributed by atoms with van der Waals surface area (Å²) >= 11 is 0. The van der Waals surface area contributed by atoms with Crippen molar-refractivity contribution >= 4 is 0 Å². The van der Waals surface area contributed by atoms with Gasteiger partial charge in [0.25, 0.3) is 0 Å². The van der Waals surface area contributed by atoms with Crippen LogP contribution in [0.5, 0.6) is 0 Å². The van der Waals surface area contributed by atoms with E-state index in [0.29, 0.717) is 6.42 Å². The molecule has 0 aromatic heterocycles. The Balaban J connectivity index is 3.62. The summed E-state index contributed by atoms with van der Waals surface area (Å²) in [5.41, 5.74) is -0.347. The number of rotatable bonds is 10. The number of ether oxygens (including phenoxy) is 1. The summed E-state index contributed by atoms with van der Waals surface area (Å²) in [4.78, 5) is 0. The van der Waals surface area contributed by atoms with Crippen LogP contribution in [0.15, 0.2) is 0 Å². The van der Waals surface area contributed by atoms with Crippen LogP contribution in [0.4, 0.5) is 13.2 Å². The molecular formula is C12H24F3NO2. The van der Waals surface area contributed by atoms with Crippen molar-refractivity contribution in [2.75, 3.05) is 26.4 Å². The van der Waals surface area contributed by atoms with Crippen LogP contribution in [0.1, 0.15) is 39.5 Å². The van der Waals surface area contributed by atoms with Crippen LogP contribution in [0, 0.1) is 0 Å². The van der Waals surface area contributed by atoms with Gasteiger partial charge in [-0.1, -0.05) is 6.92 Å². The summed E-state index contributed by atoms with van der Waals surface area (Å²) in [7, 11) is 0. The van der Waals surface area contributed by atoms with Crippen LogP contribution in [0.25, 0.3) is 0 Å². The molecule has 0 heterocycles. The summed E-state index contributed by atoms with van der Waals surface area (Å²) in [5, 5.41) is 12.5. The Labute approximate surface area is 107 Å². The average molecular weight is 271 g/mol. The van der Waals surface area contributed by atoms with Crippen molar-refractivity contribution in [2.24, 2.45) is 0 Å². The summed E-state index contributed by atoms with van der Waals surface area (Å²) in [6.45, 7) is 3.72. The SMILES string of the molecule is CCCNC(C)(CO)CCCCOCC(F)(F)F. The van der Waals surface area contributed by atoms with Gasteiger partial charge in [-0.2, -0.15) is 13.2 Å². The third kappa shape index (κ3) is 9.67. The highest BCUT2D eigenvalue weighted by Crippen LogP contribution is 2.16. The Kier molecular flexibility index (Phi) is 8.56. The molecule has 0 aliphatic carbocycles. The van der Waals surface area contributed by atoms with E-state index in [0.717, 1.165) is 25.8 Å². The Morgan fingerprint density at radius 2 is 1.89 bits per heavy atom. The standard InChI is InChI=1S/C12H24F3NO2/c1-3-7-16-11(2,9-17)6-4-5-8-18-10-12(13,14)15/h16-17H,3-10H2,1-2H3. The molecule has 0 bridgehead atoms. The van der Waals surface area contributed by atoms with Gasteiger partial charge in [0.15, 0.2) is 0 Å². The van der Waals surface area contributed by atoms with Crippen molar-refractivity contribution in [3.63, 3.8) is 0 Å². The maximum atomic E-state index is 11.8. The van der Waals surface area contributed by atoms with E-state index in [-0.39, 0.29) is 18.8 Å². The van der Waals surface area contributed by atoms with Crippen molar-refractivity contribution in [3.8, 4) is 0 Å². The van der Waals surface area contributed by atoms with Crippen molar-refractivity contribution in [1.82, 2.24) is 5.32 Å². The van der Waals surface area contributed by atoms with Gasteiger partial charge in [0.2, 0.25) is 0 Å². The first-order valence-electron chi connectivity index (χ1n) is 6.33. The summed E-state index contributed by atoms with van der Waals surface area (Å²) in [6, 6.07) is 0. The van der Waals surface area contributed by atoms with Crippen LogP contribution in [0.3, 0.4) is 0 Å². The van der Waals surface area contributed by atoms with Gasteiger partial charge in [-0.05, 0) is 39.2 Å². The monoisotopic (exact) mass is 271 g/mol. The van der Waals surface area contributed by atoms with E-state index in [4.69, 9.17) is 0 Å². The molecule has 0 amide bonds. The average Bonchev–Trinajstić information content (AvgIpc) is 2.30. The third-order valence-corrected chi connectivity index (χ3v) is 2.68. The fourth-order valence-corrected chi connectivity index (χ4v) is 1.56. The molecule has 0 saturated carbocycles. The van der Waals surface area contributed by atoms with E-state index >= 15 is 0 Å². The lowest BCUT2D eigenvalue weighted by atomic mass is 9.95. The minimum absolute atomic E-state index is 0.0242. The second kappa shape index (κ2) is 8.72. The van der Waals surface area contributed by atoms with Gasteiger partial charge in [-0.3, -0.25) is 0 Å². The molecule has 110 valence electrons. The topological polar surface area (TPSA) is 41.5 Å². The molecule has 3 nitrogen and oxygen atoms in total. The number of hydrogen-bond donors (Lipinski definition) is 2. The molecule has 0 rings (SSSR count). The quantitative estimate of drug-likeness (QED) is 0.600. The first-order chi connectivity index (χ1) is 8.33. The van der Waals surface area contributed by atoms with Gasteiger partial charge in [-0.15, -0.1) is 0 Å². The predicted molar refractivity (Wildman–Crippen MR) is 64.5 cm³/mol. The Morgan fingerprint density at radius 1 is 1.22 bits per heavy atom. The van der Waals surface area contributed by atoms with Gasteiger partial charge in [-0.25, -0.2) is 0 Å². The lowest BCUT2D eigenvalue weighted by Gasteiger charge is -2.28. The smallest absolute Gasteiger partial charge is 0.394 e. The fourth-order valence-electron chi connectivity index (χ4n) is 1.56. The first-order valence-corrected chi connectivity index (χ1v) is 6.33. The number of nitrogens with one attached hydrogen (secondary N) is 1. The van der Waals surface area contributed by atoms with Crippen molar-refractivity contribution in [3.05, 3.63) is 0 Å². The zero-order valence-electron chi connectivity index (χ0n) is 11.1. The molecule has 1 unspecified atom stereocenters. The Hall–Kier alpha value is -0.330. The van der Waals surface area contributed by atoms with Crippen molar-refractivity contribution < 1.29 is 23.0 Å². The largest absolute Gasteiger partial charge is 0.411 e. The second-order valence-electron chi connectivity index (χ2n) is 4.77. The van der Waals surface area contributed by atoms with Crippen molar-refractivity contribution in [1.29, 1.82) is 0 Å². The fraction of sp³-hybridized carbons (Fsp3) is 1.00. The van der Waals surface area contributed by atoms with Crippen molar-refractivity contribution in [2.45, 2.75) is 51.2 Å². The number of aliphatic hydroxyl groups excluding tert-OH is 1. The van der Waals surface area contributed by atoms with Gasteiger partial charge < -0.3 is 15.2 Å². The minimum Gasteiger partial charge on any atom is -0.394 e. The molecule has 0 aliphatic heterocycles. The van der Waals surface area contributed by atoms with Gasteiger partial charge >= 0.3 is 6.18 Å². The van der Waals surface area contributed by atoms with Gasteiger partial charge in [0.1, 0.15) is 6.61 Å². The molecule has 0 radical (unpaired) electrons. The highest BCUT2D eigenvalue weighted by Gasteiger charge is 2.27. The second-order valence-corrected chi connectivity index (χ2v) is 4.77. The van der Waals surface area contributed by atoms with Crippen LogP contribution in [-0.4, -0.2) is 43.2 Å². The van der Waals surface area contributed by atoms with Crippen LogP contribution < -0.4 is 5.32 Å². The zero-order valence-corrected chi connectivity index (χ0v) is 11.1. The molecule has 0 aliphatic rings. The Morgan fingerprint density at radius 3 is 2.39 bits per heavy atom. The molecule has 18 heavy (non-hydrogen) atoms. The normalized spacial score (nSPS) is 15.7. The van der Waals surface area contributed by atoms with E-state index in [1.165, 1.54) is 0 Å². The number of alkyl halides is 3. The van der Waals surface area contributed by atoms with E-state index in [1.807, 2.05) is 13.8 Å². The molecule has 0 aromatic carbocycles. The molecule has 0 saturated heterocycles. The maximum Gasteiger partial charge on any atom is 0.411 e. The lowest BCUT2D eigenvalue weighted by Crippen LogP contribution is -2.46. The minimum atomic E-state index is -4.25. The van der Waals surface area contributed by atoms with E-state index in [1.54, 1.807) is 0 Å². The first kappa shape index (κ1) is 17.7.